The lowest BCUT2D eigenvalue weighted by atomic mass is 10.2. The summed E-state index contributed by atoms with van der Waals surface area (Å²) in [6.07, 6.45) is 0.573. The highest BCUT2D eigenvalue weighted by Crippen LogP contribution is 2.27. The van der Waals surface area contributed by atoms with Gasteiger partial charge in [-0.3, -0.25) is 4.79 Å². The number of rotatable bonds is 1. The Bertz CT molecular complexity index is 320. The van der Waals surface area contributed by atoms with Crippen molar-refractivity contribution in [2.75, 3.05) is 11.4 Å². The van der Waals surface area contributed by atoms with Crippen molar-refractivity contribution in [2.24, 2.45) is 0 Å². The van der Waals surface area contributed by atoms with E-state index in [-0.39, 0.29) is 5.91 Å². The van der Waals surface area contributed by atoms with Crippen LogP contribution in [0, 0.1) is 0 Å². The minimum atomic E-state index is 0.221. The van der Waals surface area contributed by atoms with E-state index >= 15 is 0 Å². The molecule has 1 aliphatic rings. The normalized spacial score (nSPS) is 13.4. The fourth-order valence-electron chi connectivity index (χ4n) is 1.66. The van der Waals surface area contributed by atoms with Crippen molar-refractivity contribution in [1.29, 1.82) is 0 Å². The molecule has 0 fully saturated rings. The third kappa shape index (κ3) is 1.79. The number of benzene rings is 1. The van der Waals surface area contributed by atoms with E-state index in [9.17, 15) is 4.79 Å². The van der Waals surface area contributed by atoms with Gasteiger partial charge < -0.3 is 4.90 Å². The minimum absolute atomic E-state index is 0.221. The molecule has 0 spiro atoms. The molecule has 14 heavy (non-hydrogen) atoms. The Kier molecular flexibility index (Phi) is 3.69. The molecule has 1 aliphatic heterocycles. The highest BCUT2D eigenvalue weighted by atomic mass is 16.2. The highest BCUT2D eigenvalue weighted by Gasteiger charge is 2.24. The summed E-state index contributed by atoms with van der Waals surface area (Å²) in [6.45, 7) is 6.77. The largest absolute Gasteiger partial charge is 0.312 e. The van der Waals surface area contributed by atoms with Crippen LogP contribution in [0.5, 0.6) is 0 Å². The molecule has 1 aromatic carbocycles. The number of likely N-dealkylation sites (N-methyl/N-ethyl adjacent to an activating group) is 1. The summed E-state index contributed by atoms with van der Waals surface area (Å²) >= 11 is 0. The molecule has 0 atom stereocenters. The first-order chi connectivity index (χ1) is 6.83. The van der Waals surface area contributed by atoms with E-state index in [2.05, 4.69) is 0 Å². The summed E-state index contributed by atoms with van der Waals surface area (Å²) in [5.74, 6) is 0.221. The van der Waals surface area contributed by atoms with Gasteiger partial charge in [0.2, 0.25) is 5.91 Å². The van der Waals surface area contributed by atoms with Gasteiger partial charge in [0.05, 0.1) is 6.42 Å². The number of nitrogens with zero attached hydrogens (tertiary/aromatic N) is 1. The molecule has 0 radical (unpaired) electrons. The Balaban J connectivity index is 0.000000461. The summed E-state index contributed by atoms with van der Waals surface area (Å²) in [6, 6.07) is 7.97. The molecule has 1 aromatic rings. The topological polar surface area (TPSA) is 20.3 Å². The maximum atomic E-state index is 11.4. The van der Waals surface area contributed by atoms with Crippen LogP contribution in [-0.2, 0) is 11.2 Å². The number of fused-ring (bicyclic) bond motifs is 1. The van der Waals surface area contributed by atoms with Crippen molar-refractivity contribution in [3.05, 3.63) is 29.8 Å². The molecule has 2 nitrogen and oxygen atoms in total. The van der Waals surface area contributed by atoms with E-state index in [1.807, 2.05) is 49.9 Å². The molecule has 0 aliphatic carbocycles. The molecule has 76 valence electrons. The van der Waals surface area contributed by atoms with Crippen LogP contribution in [0.3, 0.4) is 0 Å². The maximum Gasteiger partial charge on any atom is 0.231 e. The second kappa shape index (κ2) is 4.80. The zero-order valence-electron chi connectivity index (χ0n) is 9.08. The van der Waals surface area contributed by atoms with Gasteiger partial charge in [0.1, 0.15) is 0 Å². The van der Waals surface area contributed by atoms with Crippen molar-refractivity contribution in [2.45, 2.75) is 27.2 Å². The molecule has 1 amide bonds. The second-order valence-electron chi connectivity index (χ2n) is 2.94. The van der Waals surface area contributed by atoms with E-state index in [1.54, 1.807) is 0 Å². The average molecular weight is 191 g/mol. The predicted octanol–water partition coefficient (Wildman–Crippen LogP) is 2.62. The van der Waals surface area contributed by atoms with Crippen LogP contribution in [0.15, 0.2) is 24.3 Å². The van der Waals surface area contributed by atoms with Crippen LogP contribution in [0.4, 0.5) is 5.69 Å². The summed E-state index contributed by atoms with van der Waals surface area (Å²) in [5.41, 5.74) is 2.24. The van der Waals surface area contributed by atoms with Crippen molar-refractivity contribution in [1.82, 2.24) is 0 Å². The summed E-state index contributed by atoms with van der Waals surface area (Å²) in [4.78, 5) is 13.2. The Morgan fingerprint density at radius 2 is 1.93 bits per heavy atom. The lowest BCUT2D eigenvalue weighted by Crippen LogP contribution is -2.25. The van der Waals surface area contributed by atoms with Gasteiger partial charge in [0, 0.05) is 12.2 Å². The number of anilines is 1. The molecule has 2 heteroatoms. The van der Waals surface area contributed by atoms with E-state index in [0.717, 1.165) is 17.8 Å². The summed E-state index contributed by atoms with van der Waals surface area (Å²) in [7, 11) is 0. The van der Waals surface area contributed by atoms with Crippen LogP contribution >= 0.6 is 0 Å². The van der Waals surface area contributed by atoms with E-state index in [1.165, 1.54) is 0 Å². The first-order valence-electron chi connectivity index (χ1n) is 5.21. The fraction of sp³-hybridized carbons (Fsp3) is 0.417. The Hall–Kier alpha value is -1.31. The Labute approximate surface area is 85.5 Å². The molecule has 0 bridgehead atoms. The number of para-hydroxylation sites is 1. The van der Waals surface area contributed by atoms with Gasteiger partial charge in [-0.15, -0.1) is 0 Å². The third-order valence-corrected chi connectivity index (χ3v) is 2.24. The molecule has 2 rings (SSSR count). The van der Waals surface area contributed by atoms with Crippen LogP contribution in [0.1, 0.15) is 26.3 Å². The number of carbonyl (C=O) groups excluding carboxylic acids is 1. The van der Waals surface area contributed by atoms with Gasteiger partial charge in [-0.25, -0.2) is 0 Å². The summed E-state index contributed by atoms with van der Waals surface area (Å²) < 4.78 is 0. The SMILES string of the molecule is CC.CCN1C(=O)Cc2ccccc21. The van der Waals surface area contributed by atoms with Gasteiger partial charge in [0.25, 0.3) is 0 Å². The highest BCUT2D eigenvalue weighted by molar-refractivity contribution is 6.01. The van der Waals surface area contributed by atoms with Gasteiger partial charge in [-0.05, 0) is 18.6 Å². The first-order valence-corrected chi connectivity index (χ1v) is 5.21. The van der Waals surface area contributed by atoms with Gasteiger partial charge in [0.15, 0.2) is 0 Å². The molecule has 0 unspecified atom stereocenters. The van der Waals surface area contributed by atoms with Gasteiger partial charge in [-0.1, -0.05) is 32.0 Å². The number of hydrogen-bond donors (Lipinski definition) is 0. The van der Waals surface area contributed by atoms with Crippen molar-refractivity contribution < 1.29 is 4.79 Å². The number of carbonyl (C=O) groups is 1. The molecule has 0 saturated heterocycles. The molecule has 0 saturated carbocycles. The third-order valence-electron chi connectivity index (χ3n) is 2.24. The summed E-state index contributed by atoms with van der Waals surface area (Å²) in [5, 5.41) is 0. The van der Waals surface area contributed by atoms with Gasteiger partial charge in [-0.2, -0.15) is 0 Å². The maximum absolute atomic E-state index is 11.4. The van der Waals surface area contributed by atoms with Crippen LogP contribution in [0.25, 0.3) is 0 Å². The molecule has 0 N–H and O–H groups in total. The van der Waals surface area contributed by atoms with Crippen LogP contribution < -0.4 is 4.90 Å². The quantitative estimate of drug-likeness (QED) is 0.668. The van der Waals surface area contributed by atoms with E-state index in [4.69, 9.17) is 0 Å². The monoisotopic (exact) mass is 191 g/mol. The van der Waals surface area contributed by atoms with Crippen molar-refractivity contribution >= 4 is 11.6 Å². The predicted molar refractivity (Wildman–Crippen MR) is 59.5 cm³/mol. The van der Waals surface area contributed by atoms with Gasteiger partial charge >= 0.3 is 0 Å². The second-order valence-corrected chi connectivity index (χ2v) is 2.94. The Morgan fingerprint density at radius 3 is 2.57 bits per heavy atom. The zero-order chi connectivity index (χ0) is 10.6. The minimum Gasteiger partial charge on any atom is -0.312 e. The van der Waals surface area contributed by atoms with E-state index in [0.29, 0.717) is 6.42 Å². The van der Waals surface area contributed by atoms with Crippen LogP contribution in [-0.4, -0.2) is 12.5 Å². The molecule has 0 aromatic heterocycles. The zero-order valence-corrected chi connectivity index (χ0v) is 9.08. The lowest BCUT2D eigenvalue weighted by Gasteiger charge is -2.13. The lowest BCUT2D eigenvalue weighted by molar-refractivity contribution is -0.117. The fourth-order valence-corrected chi connectivity index (χ4v) is 1.66. The van der Waals surface area contributed by atoms with Crippen molar-refractivity contribution in [3.63, 3.8) is 0 Å². The molecule has 1 heterocycles. The van der Waals surface area contributed by atoms with E-state index < -0.39 is 0 Å². The number of hydrogen-bond acceptors (Lipinski definition) is 1. The standard InChI is InChI=1S/C10H11NO.C2H6/c1-2-11-9-6-4-3-5-8(9)7-10(11)12;1-2/h3-6H,2,7H2,1H3;1-2H3. The average Bonchev–Trinajstić information content (AvgIpc) is 2.56. The first kappa shape index (κ1) is 10.8. The Morgan fingerprint density at radius 1 is 1.29 bits per heavy atom. The molecular formula is C12H17NO. The smallest absolute Gasteiger partial charge is 0.231 e. The molecular weight excluding hydrogens is 174 g/mol. The van der Waals surface area contributed by atoms with Crippen molar-refractivity contribution in [3.8, 4) is 0 Å². The number of amides is 1. The van der Waals surface area contributed by atoms with Crippen LogP contribution in [0.2, 0.25) is 0 Å².